The van der Waals surface area contributed by atoms with Crippen LogP contribution >= 0.6 is 0 Å². The van der Waals surface area contributed by atoms with Crippen LogP contribution < -0.4 is 0 Å². The highest BCUT2D eigenvalue weighted by Gasteiger charge is 2.34. The fourth-order valence-corrected chi connectivity index (χ4v) is 2.54. The largest absolute Gasteiger partial charge is 0.285 e. The Bertz CT molecular complexity index is 643. The first-order valence-electron chi connectivity index (χ1n) is 6.11. The van der Waals surface area contributed by atoms with Gasteiger partial charge in [0.2, 0.25) is 0 Å². The molecular formula is C15H18O3S. The fraction of sp³-hybridized carbons (Fsp3) is 0.333. The Kier molecular flexibility index (Phi) is 3.19. The van der Waals surface area contributed by atoms with Crippen molar-refractivity contribution in [3.05, 3.63) is 59.8 Å². The smallest absolute Gasteiger partial charge is 0.277 e. The van der Waals surface area contributed by atoms with Crippen molar-refractivity contribution in [3.63, 3.8) is 0 Å². The molecule has 1 N–H and O–H groups in total. The van der Waals surface area contributed by atoms with Gasteiger partial charge in [-0.25, -0.2) is 0 Å². The molecule has 0 aliphatic heterocycles. The van der Waals surface area contributed by atoms with Crippen LogP contribution in [-0.2, 0) is 10.1 Å². The molecule has 0 spiro atoms. The molecule has 0 saturated heterocycles. The van der Waals surface area contributed by atoms with Gasteiger partial charge in [0.1, 0.15) is 4.75 Å². The van der Waals surface area contributed by atoms with Crippen molar-refractivity contribution in [2.45, 2.75) is 25.5 Å². The molecule has 0 saturated carbocycles. The molecule has 0 heterocycles. The molecule has 1 unspecified atom stereocenters. The fourth-order valence-electron chi connectivity index (χ4n) is 2.06. The summed E-state index contributed by atoms with van der Waals surface area (Å²) in [6.07, 6.45) is 14.6. The topological polar surface area (TPSA) is 54.4 Å². The van der Waals surface area contributed by atoms with Crippen molar-refractivity contribution in [3.8, 4) is 0 Å². The van der Waals surface area contributed by atoms with Crippen LogP contribution in [0.5, 0.6) is 0 Å². The third-order valence-corrected chi connectivity index (χ3v) is 4.79. The average Bonchev–Trinajstić information content (AvgIpc) is 2.49. The molecule has 2 aliphatic rings. The number of allylic oxidation sites excluding steroid dienone is 8. The summed E-state index contributed by atoms with van der Waals surface area (Å²) in [5.41, 5.74) is 1.80. The first-order chi connectivity index (χ1) is 8.63. The minimum Gasteiger partial charge on any atom is -0.285 e. The van der Waals surface area contributed by atoms with E-state index in [2.05, 4.69) is 26.0 Å². The zero-order valence-corrected chi connectivity index (χ0v) is 12.1. The highest BCUT2D eigenvalue weighted by atomic mass is 32.2. The standard InChI is InChI=1S/C15H18O3S/c1-14(2)8-4-5-12-6-9-15(3,19(16,17)18)10-7-13(12)11-14/h4-11H,1-3H3,(H,16,17,18). The lowest BCUT2D eigenvalue weighted by atomic mass is 9.90. The zero-order chi connectivity index (χ0) is 14.3. The van der Waals surface area contributed by atoms with E-state index in [4.69, 9.17) is 0 Å². The Morgan fingerprint density at radius 1 is 1.00 bits per heavy atom. The zero-order valence-electron chi connectivity index (χ0n) is 11.3. The second-order valence-electron chi connectivity index (χ2n) is 5.73. The average molecular weight is 278 g/mol. The molecule has 2 aliphatic carbocycles. The maximum atomic E-state index is 11.5. The number of rotatable bonds is 1. The van der Waals surface area contributed by atoms with Gasteiger partial charge >= 0.3 is 0 Å². The van der Waals surface area contributed by atoms with Gasteiger partial charge in [-0.15, -0.1) is 0 Å². The lowest BCUT2D eigenvalue weighted by molar-refractivity contribution is 0.466. The van der Waals surface area contributed by atoms with Crippen LogP contribution in [0.25, 0.3) is 0 Å². The summed E-state index contributed by atoms with van der Waals surface area (Å²) in [6.45, 7) is 5.64. The maximum Gasteiger partial charge on any atom is 0.277 e. The summed E-state index contributed by atoms with van der Waals surface area (Å²) in [7, 11) is -4.18. The highest BCUT2D eigenvalue weighted by Crippen LogP contribution is 2.32. The number of fused-ring (bicyclic) bond motifs is 1. The molecule has 4 heteroatoms. The monoisotopic (exact) mass is 278 g/mol. The van der Waals surface area contributed by atoms with E-state index in [1.165, 1.54) is 19.1 Å². The van der Waals surface area contributed by atoms with Crippen molar-refractivity contribution in [1.82, 2.24) is 0 Å². The molecular weight excluding hydrogens is 260 g/mol. The van der Waals surface area contributed by atoms with Crippen molar-refractivity contribution in [2.75, 3.05) is 0 Å². The van der Waals surface area contributed by atoms with E-state index >= 15 is 0 Å². The predicted molar refractivity (Wildman–Crippen MR) is 77.3 cm³/mol. The summed E-state index contributed by atoms with van der Waals surface area (Å²) in [6, 6.07) is 0. The van der Waals surface area contributed by atoms with Crippen LogP contribution in [0.3, 0.4) is 0 Å². The van der Waals surface area contributed by atoms with Crippen molar-refractivity contribution < 1.29 is 13.0 Å². The van der Waals surface area contributed by atoms with Gasteiger partial charge in [0.25, 0.3) is 10.1 Å². The Hall–Kier alpha value is -1.39. The molecule has 0 amide bonds. The third-order valence-electron chi connectivity index (χ3n) is 3.41. The minimum atomic E-state index is -4.18. The van der Waals surface area contributed by atoms with Crippen LogP contribution in [0.4, 0.5) is 0 Å². The van der Waals surface area contributed by atoms with Gasteiger partial charge in [-0.1, -0.05) is 62.5 Å². The van der Waals surface area contributed by atoms with Crippen LogP contribution in [0.1, 0.15) is 20.8 Å². The lowest BCUT2D eigenvalue weighted by Gasteiger charge is -2.16. The van der Waals surface area contributed by atoms with Gasteiger partial charge in [-0.2, -0.15) is 8.42 Å². The highest BCUT2D eigenvalue weighted by molar-refractivity contribution is 7.87. The van der Waals surface area contributed by atoms with E-state index in [1.54, 1.807) is 12.2 Å². The Balaban J connectivity index is 2.57. The summed E-state index contributed by atoms with van der Waals surface area (Å²) < 4.78 is 30.9. The molecule has 3 nitrogen and oxygen atoms in total. The van der Waals surface area contributed by atoms with Crippen LogP contribution in [0.2, 0.25) is 0 Å². The second-order valence-corrected chi connectivity index (χ2v) is 7.56. The van der Waals surface area contributed by atoms with Gasteiger partial charge < -0.3 is 0 Å². The van der Waals surface area contributed by atoms with Crippen LogP contribution in [0, 0.1) is 5.41 Å². The Morgan fingerprint density at radius 3 is 2.16 bits per heavy atom. The first-order valence-corrected chi connectivity index (χ1v) is 7.55. The van der Waals surface area contributed by atoms with E-state index in [1.807, 2.05) is 12.2 Å². The van der Waals surface area contributed by atoms with Gasteiger partial charge in [-0.3, -0.25) is 4.55 Å². The van der Waals surface area contributed by atoms with E-state index in [9.17, 15) is 13.0 Å². The Labute approximate surface area is 114 Å². The van der Waals surface area contributed by atoms with E-state index in [0.717, 1.165) is 11.1 Å². The summed E-state index contributed by atoms with van der Waals surface area (Å²) in [5, 5.41) is 0. The van der Waals surface area contributed by atoms with Crippen LogP contribution in [-0.4, -0.2) is 17.7 Å². The van der Waals surface area contributed by atoms with Crippen molar-refractivity contribution >= 4 is 10.1 Å². The van der Waals surface area contributed by atoms with Gasteiger partial charge in [-0.05, 0) is 18.1 Å². The molecule has 19 heavy (non-hydrogen) atoms. The molecule has 102 valence electrons. The van der Waals surface area contributed by atoms with Gasteiger partial charge in [0.05, 0.1) is 0 Å². The summed E-state index contributed by atoms with van der Waals surface area (Å²) >= 11 is 0. The molecule has 0 fully saturated rings. The molecule has 0 aromatic heterocycles. The third kappa shape index (κ3) is 2.80. The molecule has 0 aromatic rings. The van der Waals surface area contributed by atoms with Gasteiger partial charge in [0.15, 0.2) is 0 Å². The van der Waals surface area contributed by atoms with E-state index in [-0.39, 0.29) is 5.41 Å². The van der Waals surface area contributed by atoms with Crippen LogP contribution in [0.15, 0.2) is 59.8 Å². The van der Waals surface area contributed by atoms with E-state index in [0.29, 0.717) is 0 Å². The second kappa shape index (κ2) is 4.32. The SMILES string of the molecule is CC1(C)C=CC=C2C=CC(C)(S(=O)(=O)O)C=CC2=C1. The normalized spacial score (nSPS) is 29.1. The first kappa shape index (κ1) is 14.0. The lowest BCUT2D eigenvalue weighted by Crippen LogP contribution is -2.29. The molecule has 1 atom stereocenters. The molecule has 0 bridgehead atoms. The maximum absolute atomic E-state index is 11.5. The molecule has 2 rings (SSSR count). The number of hydrogen-bond acceptors (Lipinski definition) is 2. The van der Waals surface area contributed by atoms with Crippen molar-refractivity contribution in [1.29, 1.82) is 0 Å². The Morgan fingerprint density at radius 2 is 1.58 bits per heavy atom. The summed E-state index contributed by atoms with van der Waals surface area (Å²) in [4.78, 5) is 0. The molecule has 0 aromatic carbocycles. The minimum absolute atomic E-state index is 0.0927. The van der Waals surface area contributed by atoms with Crippen molar-refractivity contribution in [2.24, 2.45) is 5.41 Å². The van der Waals surface area contributed by atoms with Gasteiger partial charge in [0, 0.05) is 5.41 Å². The number of hydrogen-bond donors (Lipinski definition) is 1. The molecule has 0 radical (unpaired) electrons. The van der Waals surface area contributed by atoms with E-state index < -0.39 is 14.9 Å². The summed E-state index contributed by atoms with van der Waals surface area (Å²) in [5.74, 6) is 0. The predicted octanol–water partition coefficient (Wildman–Crippen LogP) is 3.21. The quantitative estimate of drug-likeness (QED) is 0.749.